The Labute approximate surface area is 136 Å². The van der Waals surface area contributed by atoms with E-state index in [-0.39, 0.29) is 0 Å². The Hall–Kier alpha value is -1.60. The van der Waals surface area contributed by atoms with E-state index in [0.29, 0.717) is 0 Å². The smallest absolute Gasteiger partial charge is 0.0237 e. The van der Waals surface area contributed by atoms with Crippen molar-refractivity contribution in [2.24, 2.45) is 0 Å². The van der Waals surface area contributed by atoms with Gasteiger partial charge in [-0.1, -0.05) is 75.7 Å². The molecule has 2 aromatic rings. The third kappa shape index (κ3) is 4.99. The average Bonchev–Trinajstić information content (AvgIpc) is 2.55. The van der Waals surface area contributed by atoms with Gasteiger partial charge in [0, 0.05) is 13.1 Å². The van der Waals surface area contributed by atoms with E-state index in [1.165, 1.54) is 35.1 Å². The first-order valence-electron chi connectivity index (χ1n) is 8.63. The van der Waals surface area contributed by atoms with Crippen molar-refractivity contribution < 1.29 is 0 Å². The molecular weight excluding hydrogens is 266 g/mol. The fourth-order valence-electron chi connectivity index (χ4n) is 2.92. The van der Waals surface area contributed by atoms with Gasteiger partial charge in [-0.3, -0.25) is 4.90 Å². The second kappa shape index (κ2) is 8.75. The first-order chi connectivity index (χ1) is 10.7. The number of aryl methyl sites for hydroxylation is 2. The van der Waals surface area contributed by atoms with Gasteiger partial charge < -0.3 is 0 Å². The highest BCUT2D eigenvalue weighted by atomic mass is 15.1. The van der Waals surface area contributed by atoms with E-state index < -0.39 is 0 Å². The van der Waals surface area contributed by atoms with E-state index in [1.807, 2.05) is 0 Å². The van der Waals surface area contributed by atoms with Crippen LogP contribution in [-0.4, -0.2) is 11.4 Å². The number of benzene rings is 2. The number of hydrogen-bond acceptors (Lipinski definition) is 1. The van der Waals surface area contributed by atoms with Gasteiger partial charge in [0.15, 0.2) is 0 Å². The lowest BCUT2D eigenvalue weighted by Crippen LogP contribution is -2.22. The Morgan fingerprint density at radius 2 is 1.27 bits per heavy atom. The van der Waals surface area contributed by atoms with Crippen LogP contribution in [0.15, 0.2) is 48.5 Å². The zero-order valence-electron chi connectivity index (χ0n) is 14.3. The summed E-state index contributed by atoms with van der Waals surface area (Å²) in [6.07, 6.45) is 3.50. The Kier molecular flexibility index (Phi) is 6.67. The van der Waals surface area contributed by atoms with E-state index in [0.717, 1.165) is 26.1 Å². The van der Waals surface area contributed by atoms with Crippen molar-refractivity contribution in [3.63, 3.8) is 0 Å². The van der Waals surface area contributed by atoms with Gasteiger partial charge in [-0.2, -0.15) is 0 Å². The van der Waals surface area contributed by atoms with Crippen LogP contribution in [0.1, 0.15) is 49.4 Å². The lowest BCUT2D eigenvalue weighted by Gasteiger charge is -2.21. The van der Waals surface area contributed by atoms with Gasteiger partial charge in [-0.05, 0) is 41.6 Å². The second-order valence-electron chi connectivity index (χ2n) is 6.05. The maximum Gasteiger partial charge on any atom is 0.0237 e. The molecule has 0 saturated carbocycles. The molecule has 0 atom stereocenters. The third-order valence-corrected chi connectivity index (χ3v) is 4.19. The molecule has 2 rings (SSSR count). The Balaban J connectivity index is 2.03. The summed E-state index contributed by atoms with van der Waals surface area (Å²) in [5.74, 6) is 0. The van der Waals surface area contributed by atoms with Crippen LogP contribution in [0, 0.1) is 0 Å². The molecule has 0 saturated heterocycles. The van der Waals surface area contributed by atoms with Crippen molar-refractivity contribution in [1.82, 2.24) is 4.90 Å². The molecule has 1 heteroatoms. The zero-order valence-corrected chi connectivity index (χ0v) is 14.3. The van der Waals surface area contributed by atoms with Crippen LogP contribution < -0.4 is 0 Å². The molecule has 0 N–H and O–H groups in total. The maximum atomic E-state index is 2.51. The first kappa shape index (κ1) is 16.8. The van der Waals surface area contributed by atoms with Crippen LogP contribution in [0.4, 0.5) is 0 Å². The van der Waals surface area contributed by atoms with Crippen LogP contribution >= 0.6 is 0 Å². The molecule has 0 heterocycles. The second-order valence-corrected chi connectivity index (χ2v) is 6.05. The normalized spacial score (nSPS) is 11.1. The minimum absolute atomic E-state index is 1.03. The van der Waals surface area contributed by atoms with Crippen LogP contribution in [0.3, 0.4) is 0 Å². The van der Waals surface area contributed by atoms with E-state index in [1.54, 1.807) is 0 Å². The zero-order chi connectivity index (χ0) is 15.8. The number of nitrogens with zero attached hydrogens (tertiary/aromatic N) is 1. The topological polar surface area (TPSA) is 3.24 Å². The van der Waals surface area contributed by atoms with Crippen molar-refractivity contribution in [2.75, 3.05) is 6.54 Å². The van der Waals surface area contributed by atoms with Gasteiger partial charge in [0.1, 0.15) is 0 Å². The predicted molar refractivity (Wildman–Crippen MR) is 96.0 cm³/mol. The molecule has 0 aliphatic carbocycles. The molecule has 0 radical (unpaired) electrons. The van der Waals surface area contributed by atoms with E-state index in [4.69, 9.17) is 0 Å². The summed E-state index contributed by atoms with van der Waals surface area (Å²) in [6, 6.07) is 18.1. The van der Waals surface area contributed by atoms with Gasteiger partial charge in [-0.25, -0.2) is 0 Å². The van der Waals surface area contributed by atoms with Crippen LogP contribution in [0.2, 0.25) is 0 Å². The molecule has 118 valence electrons. The summed E-state index contributed by atoms with van der Waals surface area (Å²) >= 11 is 0. The minimum atomic E-state index is 1.03. The molecule has 0 fully saturated rings. The molecule has 0 amide bonds. The van der Waals surface area contributed by atoms with Crippen molar-refractivity contribution >= 4 is 0 Å². The molecule has 0 aromatic heterocycles. The molecule has 22 heavy (non-hydrogen) atoms. The highest BCUT2D eigenvalue weighted by molar-refractivity contribution is 5.25. The average molecular weight is 295 g/mol. The SMILES string of the molecule is CCCc1cccc(CN(CC)Cc2cccc(CC)c2)c1. The lowest BCUT2D eigenvalue weighted by atomic mass is 10.1. The van der Waals surface area contributed by atoms with Crippen molar-refractivity contribution in [1.29, 1.82) is 0 Å². The summed E-state index contributed by atoms with van der Waals surface area (Å²) in [7, 11) is 0. The summed E-state index contributed by atoms with van der Waals surface area (Å²) in [5.41, 5.74) is 5.74. The maximum absolute atomic E-state index is 2.51. The summed E-state index contributed by atoms with van der Waals surface area (Å²) in [4.78, 5) is 2.51. The van der Waals surface area contributed by atoms with Gasteiger partial charge in [-0.15, -0.1) is 0 Å². The van der Waals surface area contributed by atoms with Gasteiger partial charge in [0.25, 0.3) is 0 Å². The standard InChI is InChI=1S/C21H29N/c1-4-9-19-11-8-13-21(15-19)17-22(6-3)16-20-12-7-10-18(5-2)14-20/h7-8,10-15H,4-6,9,16-17H2,1-3H3. The Bertz CT molecular complexity index is 574. The third-order valence-electron chi connectivity index (χ3n) is 4.19. The van der Waals surface area contributed by atoms with E-state index in [9.17, 15) is 0 Å². The van der Waals surface area contributed by atoms with E-state index in [2.05, 4.69) is 74.2 Å². The first-order valence-corrected chi connectivity index (χ1v) is 8.63. The molecule has 0 aliphatic rings. The molecule has 0 unspecified atom stereocenters. The molecule has 0 spiro atoms. The summed E-state index contributed by atoms with van der Waals surface area (Å²) in [6.45, 7) is 9.85. The predicted octanol–water partition coefficient (Wildman–Crippen LogP) is 5.22. The Morgan fingerprint density at radius 3 is 1.82 bits per heavy atom. The van der Waals surface area contributed by atoms with E-state index >= 15 is 0 Å². The quantitative estimate of drug-likeness (QED) is 0.645. The molecule has 1 nitrogen and oxygen atoms in total. The lowest BCUT2D eigenvalue weighted by molar-refractivity contribution is 0.271. The largest absolute Gasteiger partial charge is 0.295 e. The molecule has 0 aliphatic heterocycles. The van der Waals surface area contributed by atoms with Crippen molar-refractivity contribution in [3.8, 4) is 0 Å². The highest BCUT2D eigenvalue weighted by Crippen LogP contribution is 2.14. The molecule has 2 aromatic carbocycles. The fourth-order valence-corrected chi connectivity index (χ4v) is 2.92. The van der Waals surface area contributed by atoms with Crippen LogP contribution in [0.25, 0.3) is 0 Å². The van der Waals surface area contributed by atoms with Crippen molar-refractivity contribution in [3.05, 3.63) is 70.8 Å². The summed E-state index contributed by atoms with van der Waals surface area (Å²) in [5, 5.41) is 0. The van der Waals surface area contributed by atoms with Crippen molar-refractivity contribution in [2.45, 2.75) is 53.1 Å². The van der Waals surface area contributed by atoms with Crippen LogP contribution in [-0.2, 0) is 25.9 Å². The summed E-state index contributed by atoms with van der Waals surface area (Å²) < 4.78 is 0. The number of rotatable bonds is 8. The van der Waals surface area contributed by atoms with Gasteiger partial charge >= 0.3 is 0 Å². The van der Waals surface area contributed by atoms with Crippen LogP contribution in [0.5, 0.6) is 0 Å². The highest BCUT2D eigenvalue weighted by Gasteiger charge is 2.06. The molecular formula is C21H29N. The van der Waals surface area contributed by atoms with Gasteiger partial charge in [0.2, 0.25) is 0 Å². The number of hydrogen-bond donors (Lipinski definition) is 0. The minimum Gasteiger partial charge on any atom is -0.295 e. The Morgan fingerprint density at radius 1 is 0.727 bits per heavy atom. The molecule has 0 bridgehead atoms. The van der Waals surface area contributed by atoms with Gasteiger partial charge in [0.05, 0.1) is 0 Å². The monoisotopic (exact) mass is 295 g/mol. The fraction of sp³-hybridized carbons (Fsp3) is 0.429.